The average Bonchev–Trinajstić information content (AvgIpc) is 2.15. The highest BCUT2D eigenvalue weighted by molar-refractivity contribution is 4.79. The lowest BCUT2D eigenvalue weighted by Crippen LogP contribution is -2.38. The quantitative estimate of drug-likeness (QED) is 0.623. The lowest BCUT2D eigenvalue weighted by Gasteiger charge is -2.17. The van der Waals surface area contributed by atoms with Crippen LogP contribution in [0, 0.1) is 5.92 Å². The molecule has 1 aliphatic heterocycles. The van der Waals surface area contributed by atoms with Gasteiger partial charge in [0.25, 0.3) is 0 Å². The second-order valence-electron chi connectivity index (χ2n) is 3.44. The number of hydrogen-bond acceptors (Lipinski definition) is 2. The topological polar surface area (TPSA) is 21.3 Å². The van der Waals surface area contributed by atoms with Gasteiger partial charge in [-0.1, -0.05) is 20.8 Å². The van der Waals surface area contributed by atoms with Gasteiger partial charge < -0.3 is 10.1 Å². The number of ether oxygens (including phenoxy) is 1. The van der Waals surface area contributed by atoms with Gasteiger partial charge in [-0.15, -0.1) is 0 Å². The SMILES string of the molecule is CC(C)N[C@H]1COC[C@H]1C. The maximum absolute atomic E-state index is 5.31. The molecule has 0 aromatic rings. The molecule has 0 unspecified atom stereocenters. The van der Waals surface area contributed by atoms with E-state index in [2.05, 4.69) is 26.1 Å². The summed E-state index contributed by atoms with van der Waals surface area (Å²) in [5, 5.41) is 3.47. The average molecular weight is 143 g/mol. The molecular formula is C8H17NO. The van der Waals surface area contributed by atoms with Crippen LogP contribution in [0.5, 0.6) is 0 Å². The van der Waals surface area contributed by atoms with Crippen LogP contribution in [0.25, 0.3) is 0 Å². The van der Waals surface area contributed by atoms with Gasteiger partial charge in [0, 0.05) is 12.1 Å². The van der Waals surface area contributed by atoms with Crippen LogP contribution >= 0.6 is 0 Å². The van der Waals surface area contributed by atoms with E-state index in [1.165, 1.54) is 0 Å². The smallest absolute Gasteiger partial charge is 0.0623 e. The molecule has 1 heterocycles. The molecular weight excluding hydrogens is 126 g/mol. The van der Waals surface area contributed by atoms with Crippen molar-refractivity contribution in [3.8, 4) is 0 Å². The second-order valence-corrected chi connectivity index (χ2v) is 3.44. The van der Waals surface area contributed by atoms with E-state index in [1.807, 2.05) is 0 Å². The van der Waals surface area contributed by atoms with E-state index < -0.39 is 0 Å². The Bertz CT molecular complexity index is 103. The second kappa shape index (κ2) is 3.35. The van der Waals surface area contributed by atoms with Gasteiger partial charge >= 0.3 is 0 Å². The van der Waals surface area contributed by atoms with Crippen LogP contribution in [0.3, 0.4) is 0 Å². The van der Waals surface area contributed by atoms with Crippen LogP contribution in [0.1, 0.15) is 20.8 Å². The molecule has 0 spiro atoms. The van der Waals surface area contributed by atoms with Crippen molar-refractivity contribution in [3.63, 3.8) is 0 Å². The molecule has 2 heteroatoms. The highest BCUT2D eigenvalue weighted by Crippen LogP contribution is 2.12. The Morgan fingerprint density at radius 3 is 2.50 bits per heavy atom. The maximum Gasteiger partial charge on any atom is 0.0623 e. The monoisotopic (exact) mass is 143 g/mol. The van der Waals surface area contributed by atoms with Crippen molar-refractivity contribution >= 4 is 0 Å². The zero-order valence-corrected chi connectivity index (χ0v) is 7.05. The lowest BCUT2D eigenvalue weighted by atomic mass is 10.1. The fourth-order valence-electron chi connectivity index (χ4n) is 1.30. The van der Waals surface area contributed by atoms with E-state index in [1.54, 1.807) is 0 Å². The Kier molecular flexibility index (Phi) is 2.69. The van der Waals surface area contributed by atoms with Crippen LogP contribution in [0.4, 0.5) is 0 Å². The molecule has 0 bridgehead atoms. The van der Waals surface area contributed by atoms with Gasteiger partial charge in [0.2, 0.25) is 0 Å². The maximum atomic E-state index is 5.31. The van der Waals surface area contributed by atoms with Crippen LogP contribution in [0.15, 0.2) is 0 Å². The summed E-state index contributed by atoms with van der Waals surface area (Å²) in [5.74, 6) is 0.683. The summed E-state index contributed by atoms with van der Waals surface area (Å²) in [6.07, 6.45) is 0. The summed E-state index contributed by atoms with van der Waals surface area (Å²) in [5.41, 5.74) is 0. The molecule has 0 aromatic carbocycles. The van der Waals surface area contributed by atoms with Crippen LogP contribution in [0.2, 0.25) is 0 Å². The molecule has 2 atom stereocenters. The van der Waals surface area contributed by atoms with Gasteiger partial charge in [0.15, 0.2) is 0 Å². The number of rotatable bonds is 2. The van der Waals surface area contributed by atoms with E-state index in [-0.39, 0.29) is 0 Å². The van der Waals surface area contributed by atoms with Crippen LogP contribution < -0.4 is 5.32 Å². The molecule has 60 valence electrons. The Morgan fingerprint density at radius 1 is 1.40 bits per heavy atom. The summed E-state index contributed by atoms with van der Waals surface area (Å²) in [7, 11) is 0. The predicted octanol–water partition coefficient (Wildman–Crippen LogP) is 1.02. The normalized spacial score (nSPS) is 33.6. The van der Waals surface area contributed by atoms with Crippen LogP contribution in [-0.4, -0.2) is 25.3 Å². The molecule has 10 heavy (non-hydrogen) atoms. The van der Waals surface area contributed by atoms with Gasteiger partial charge in [-0.25, -0.2) is 0 Å². The minimum absolute atomic E-state index is 0.578. The molecule has 0 radical (unpaired) electrons. The van der Waals surface area contributed by atoms with Crippen molar-refractivity contribution in [2.45, 2.75) is 32.9 Å². The first-order valence-electron chi connectivity index (χ1n) is 4.04. The molecule has 0 aliphatic carbocycles. The number of nitrogens with one attached hydrogen (secondary N) is 1. The largest absolute Gasteiger partial charge is 0.379 e. The summed E-state index contributed by atoms with van der Waals surface area (Å²) in [4.78, 5) is 0. The summed E-state index contributed by atoms with van der Waals surface area (Å²) < 4.78 is 5.31. The molecule has 1 N–H and O–H groups in total. The molecule has 1 saturated heterocycles. The highest BCUT2D eigenvalue weighted by atomic mass is 16.5. The van der Waals surface area contributed by atoms with Crippen molar-refractivity contribution in [3.05, 3.63) is 0 Å². The van der Waals surface area contributed by atoms with E-state index in [0.29, 0.717) is 18.0 Å². The Morgan fingerprint density at radius 2 is 2.10 bits per heavy atom. The molecule has 0 saturated carbocycles. The number of hydrogen-bond donors (Lipinski definition) is 1. The van der Waals surface area contributed by atoms with Gasteiger partial charge in [0.05, 0.1) is 13.2 Å². The third kappa shape index (κ3) is 1.96. The van der Waals surface area contributed by atoms with Gasteiger partial charge in [0.1, 0.15) is 0 Å². The molecule has 1 aliphatic rings. The van der Waals surface area contributed by atoms with Crippen molar-refractivity contribution < 1.29 is 4.74 Å². The first-order valence-corrected chi connectivity index (χ1v) is 4.04. The molecule has 0 aromatic heterocycles. The third-order valence-electron chi connectivity index (χ3n) is 1.91. The zero-order valence-electron chi connectivity index (χ0n) is 7.05. The van der Waals surface area contributed by atoms with E-state index in [9.17, 15) is 0 Å². The van der Waals surface area contributed by atoms with Gasteiger partial charge in [-0.3, -0.25) is 0 Å². The fourth-order valence-corrected chi connectivity index (χ4v) is 1.30. The molecule has 0 amide bonds. The Labute approximate surface area is 63.0 Å². The highest BCUT2D eigenvalue weighted by Gasteiger charge is 2.23. The van der Waals surface area contributed by atoms with Crippen LogP contribution in [-0.2, 0) is 4.74 Å². The van der Waals surface area contributed by atoms with Gasteiger partial charge in [-0.2, -0.15) is 0 Å². The Balaban J connectivity index is 2.26. The summed E-state index contributed by atoms with van der Waals surface area (Å²) in [6.45, 7) is 8.38. The minimum atomic E-state index is 0.578. The summed E-state index contributed by atoms with van der Waals surface area (Å²) in [6, 6.07) is 1.16. The van der Waals surface area contributed by atoms with Crippen molar-refractivity contribution in [1.29, 1.82) is 0 Å². The third-order valence-corrected chi connectivity index (χ3v) is 1.91. The molecule has 1 rings (SSSR count). The first-order chi connectivity index (χ1) is 4.70. The zero-order chi connectivity index (χ0) is 7.56. The van der Waals surface area contributed by atoms with E-state index in [4.69, 9.17) is 4.74 Å². The van der Waals surface area contributed by atoms with Crippen molar-refractivity contribution in [1.82, 2.24) is 5.32 Å². The minimum Gasteiger partial charge on any atom is -0.379 e. The van der Waals surface area contributed by atoms with Gasteiger partial charge in [-0.05, 0) is 5.92 Å². The lowest BCUT2D eigenvalue weighted by molar-refractivity contribution is 0.183. The van der Waals surface area contributed by atoms with Crippen molar-refractivity contribution in [2.24, 2.45) is 5.92 Å². The van der Waals surface area contributed by atoms with E-state index in [0.717, 1.165) is 13.2 Å². The molecule has 2 nitrogen and oxygen atoms in total. The first kappa shape index (κ1) is 8.02. The molecule has 1 fully saturated rings. The van der Waals surface area contributed by atoms with E-state index >= 15 is 0 Å². The predicted molar refractivity (Wildman–Crippen MR) is 42.0 cm³/mol. The standard InChI is InChI=1S/C8H17NO/c1-6(2)9-8-5-10-4-7(8)3/h6-9H,4-5H2,1-3H3/t7-,8+/m1/s1. The Hall–Kier alpha value is -0.0800. The summed E-state index contributed by atoms with van der Waals surface area (Å²) >= 11 is 0. The van der Waals surface area contributed by atoms with Crippen molar-refractivity contribution in [2.75, 3.05) is 13.2 Å². The fraction of sp³-hybridized carbons (Fsp3) is 1.00.